The number of ether oxygens (including phenoxy) is 2. The number of carbonyl (C=O) groups is 4. The largest absolute Gasteiger partial charge is 0.462 e. The van der Waals surface area contributed by atoms with Gasteiger partial charge < -0.3 is 19.6 Å². The Balaban J connectivity index is 2.10. The molecule has 28 heavy (non-hydrogen) atoms. The van der Waals surface area contributed by atoms with Crippen LogP contribution in [0.4, 0.5) is 10.3 Å². The first kappa shape index (κ1) is 20.6. The van der Waals surface area contributed by atoms with Crippen LogP contribution in [0.2, 0.25) is 0 Å². The Kier molecular flexibility index (Phi) is 6.48. The number of esters is 2. The van der Waals surface area contributed by atoms with Crippen molar-refractivity contribution < 1.29 is 37.5 Å². The molecule has 148 valence electrons. The van der Waals surface area contributed by atoms with Crippen molar-refractivity contribution in [3.05, 3.63) is 52.5 Å². The third-order valence-electron chi connectivity index (χ3n) is 3.48. The van der Waals surface area contributed by atoms with Gasteiger partial charge in [-0.15, -0.1) is 0 Å². The molecule has 0 unspecified atom stereocenters. The second-order valence-corrected chi connectivity index (χ2v) is 5.45. The topological polar surface area (TPSA) is 138 Å². The van der Waals surface area contributed by atoms with Gasteiger partial charge in [0.1, 0.15) is 22.7 Å². The summed E-state index contributed by atoms with van der Waals surface area (Å²) in [7, 11) is 0. The number of benzene rings is 1. The van der Waals surface area contributed by atoms with Crippen LogP contribution >= 0.6 is 0 Å². The molecule has 0 fully saturated rings. The molecule has 0 aliphatic rings. The molecule has 1 aromatic carbocycles. The van der Waals surface area contributed by atoms with Crippen LogP contribution in [-0.4, -0.2) is 37.0 Å². The van der Waals surface area contributed by atoms with E-state index < -0.39 is 36.2 Å². The number of furan rings is 1. The van der Waals surface area contributed by atoms with Gasteiger partial charge in [-0.1, -0.05) is 0 Å². The maximum atomic E-state index is 12.9. The summed E-state index contributed by atoms with van der Waals surface area (Å²) < 4.78 is 27.7. The van der Waals surface area contributed by atoms with Crippen LogP contribution < -0.4 is 11.1 Å². The van der Waals surface area contributed by atoms with Crippen molar-refractivity contribution in [2.75, 3.05) is 18.5 Å². The molecule has 0 spiro atoms. The molecular formula is C18H17FN2O7. The lowest BCUT2D eigenvalue weighted by Crippen LogP contribution is -2.23. The van der Waals surface area contributed by atoms with Gasteiger partial charge in [0.05, 0.1) is 12.2 Å². The number of nitrogens with one attached hydrogen (secondary N) is 1. The number of nitrogens with two attached hydrogens (primary N) is 1. The van der Waals surface area contributed by atoms with Gasteiger partial charge in [0.15, 0.2) is 6.61 Å². The second-order valence-electron chi connectivity index (χ2n) is 5.45. The molecule has 9 nitrogen and oxygen atoms in total. The lowest BCUT2D eigenvalue weighted by Gasteiger charge is -2.06. The minimum absolute atomic E-state index is 0.0193. The maximum Gasteiger partial charge on any atom is 0.342 e. The van der Waals surface area contributed by atoms with Gasteiger partial charge in [-0.25, -0.2) is 14.0 Å². The van der Waals surface area contributed by atoms with Crippen LogP contribution in [0.25, 0.3) is 0 Å². The molecular weight excluding hydrogens is 375 g/mol. The third-order valence-corrected chi connectivity index (χ3v) is 3.48. The predicted octanol–water partition coefficient (Wildman–Crippen LogP) is 1.80. The number of amides is 2. The molecule has 0 aliphatic heterocycles. The van der Waals surface area contributed by atoms with E-state index >= 15 is 0 Å². The summed E-state index contributed by atoms with van der Waals surface area (Å²) in [6.07, 6.45) is 0. The van der Waals surface area contributed by atoms with Gasteiger partial charge in [-0.2, -0.15) is 0 Å². The Bertz CT molecular complexity index is 919. The Morgan fingerprint density at radius 1 is 1.07 bits per heavy atom. The van der Waals surface area contributed by atoms with Crippen LogP contribution in [-0.2, 0) is 14.3 Å². The van der Waals surface area contributed by atoms with E-state index in [0.717, 1.165) is 12.1 Å². The average Bonchev–Trinajstić information content (AvgIpc) is 2.96. The molecule has 2 rings (SSSR count). The summed E-state index contributed by atoms with van der Waals surface area (Å²) in [6, 6.07) is 4.53. The average molecular weight is 392 g/mol. The standard InChI is InChI=1S/C18H17FN2O7/c1-3-26-18(25)13-9(2)28-16(14(13)15(20)23)21-12(22)8-27-17(24)10-4-6-11(19)7-5-10/h4-7H,3,8H2,1-2H3,(H2,20,23)(H,21,22). The Morgan fingerprint density at radius 3 is 2.29 bits per heavy atom. The number of primary amides is 1. The van der Waals surface area contributed by atoms with Crippen LogP contribution in [0.15, 0.2) is 28.7 Å². The van der Waals surface area contributed by atoms with Gasteiger partial charge in [0, 0.05) is 0 Å². The molecule has 2 amide bonds. The minimum Gasteiger partial charge on any atom is -0.462 e. The number of hydrogen-bond acceptors (Lipinski definition) is 7. The lowest BCUT2D eigenvalue weighted by molar-refractivity contribution is -0.119. The Morgan fingerprint density at radius 2 is 1.71 bits per heavy atom. The molecule has 0 radical (unpaired) electrons. The zero-order valence-electron chi connectivity index (χ0n) is 15.0. The number of hydrogen-bond donors (Lipinski definition) is 2. The van der Waals surface area contributed by atoms with Crippen molar-refractivity contribution in [2.45, 2.75) is 13.8 Å². The molecule has 1 heterocycles. The first-order valence-corrected chi connectivity index (χ1v) is 8.07. The maximum absolute atomic E-state index is 12.9. The summed E-state index contributed by atoms with van der Waals surface area (Å²) in [4.78, 5) is 47.5. The van der Waals surface area contributed by atoms with Crippen molar-refractivity contribution >= 4 is 29.6 Å². The van der Waals surface area contributed by atoms with E-state index in [-0.39, 0.29) is 34.9 Å². The van der Waals surface area contributed by atoms with Gasteiger partial charge in [-0.3, -0.25) is 14.9 Å². The number of anilines is 1. The van der Waals surface area contributed by atoms with Crippen molar-refractivity contribution in [3.63, 3.8) is 0 Å². The summed E-state index contributed by atoms with van der Waals surface area (Å²) in [5.41, 5.74) is 4.77. The fraction of sp³-hybridized carbons (Fsp3) is 0.222. The molecule has 0 atom stereocenters. The smallest absolute Gasteiger partial charge is 0.342 e. The fourth-order valence-corrected chi connectivity index (χ4v) is 2.28. The van der Waals surface area contributed by atoms with Crippen molar-refractivity contribution in [2.24, 2.45) is 5.73 Å². The molecule has 0 bridgehead atoms. The third kappa shape index (κ3) is 4.72. The highest BCUT2D eigenvalue weighted by Crippen LogP contribution is 2.27. The molecule has 0 aliphatic carbocycles. The van der Waals surface area contributed by atoms with E-state index in [1.807, 2.05) is 0 Å². The zero-order valence-corrected chi connectivity index (χ0v) is 15.0. The van der Waals surface area contributed by atoms with Gasteiger partial charge >= 0.3 is 11.9 Å². The second kappa shape index (κ2) is 8.80. The van der Waals surface area contributed by atoms with Gasteiger partial charge in [0.25, 0.3) is 11.8 Å². The summed E-state index contributed by atoms with van der Waals surface area (Å²) in [6.45, 7) is 2.31. The zero-order chi connectivity index (χ0) is 20.8. The molecule has 0 saturated carbocycles. The van der Waals surface area contributed by atoms with Crippen LogP contribution in [0.3, 0.4) is 0 Å². The normalized spacial score (nSPS) is 10.2. The van der Waals surface area contributed by atoms with Gasteiger partial charge in [-0.05, 0) is 38.1 Å². The predicted molar refractivity (Wildman–Crippen MR) is 93.2 cm³/mol. The van der Waals surface area contributed by atoms with E-state index in [9.17, 15) is 23.6 Å². The fourth-order valence-electron chi connectivity index (χ4n) is 2.28. The molecule has 10 heteroatoms. The SMILES string of the molecule is CCOC(=O)c1c(C)oc(NC(=O)COC(=O)c2ccc(F)cc2)c1C(N)=O. The number of carbonyl (C=O) groups excluding carboxylic acids is 4. The lowest BCUT2D eigenvalue weighted by atomic mass is 10.1. The number of halogens is 1. The Labute approximate surface area is 158 Å². The van der Waals surface area contributed by atoms with Crippen LogP contribution in [0.1, 0.15) is 43.8 Å². The highest BCUT2D eigenvalue weighted by atomic mass is 19.1. The van der Waals surface area contributed by atoms with Crippen molar-refractivity contribution in [3.8, 4) is 0 Å². The van der Waals surface area contributed by atoms with Crippen LogP contribution in [0, 0.1) is 12.7 Å². The van der Waals surface area contributed by atoms with Gasteiger partial charge in [0.2, 0.25) is 5.88 Å². The summed E-state index contributed by atoms with van der Waals surface area (Å²) in [5, 5.41) is 2.21. The van der Waals surface area contributed by atoms with E-state index in [0.29, 0.717) is 0 Å². The van der Waals surface area contributed by atoms with Crippen molar-refractivity contribution in [1.29, 1.82) is 0 Å². The van der Waals surface area contributed by atoms with E-state index in [2.05, 4.69) is 5.32 Å². The highest BCUT2D eigenvalue weighted by Gasteiger charge is 2.29. The quantitative estimate of drug-likeness (QED) is 0.685. The van der Waals surface area contributed by atoms with E-state index in [1.54, 1.807) is 6.92 Å². The minimum atomic E-state index is -1.02. The molecule has 3 N–H and O–H groups in total. The Hall–Kier alpha value is -3.69. The van der Waals surface area contributed by atoms with E-state index in [4.69, 9.17) is 19.6 Å². The first-order valence-electron chi connectivity index (χ1n) is 8.07. The number of aryl methyl sites for hydroxylation is 1. The molecule has 0 saturated heterocycles. The number of rotatable bonds is 7. The summed E-state index contributed by atoms with van der Waals surface area (Å²) >= 11 is 0. The van der Waals surface area contributed by atoms with E-state index in [1.165, 1.54) is 19.1 Å². The summed E-state index contributed by atoms with van der Waals surface area (Å²) in [5.74, 6) is -4.42. The highest BCUT2D eigenvalue weighted by molar-refractivity contribution is 6.10. The molecule has 1 aromatic heterocycles. The molecule has 2 aromatic rings. The monoisotopic (exact) mass is 392 g/mol. The van der Waals surface area contributed by atoms with Crippen LogP contribution in [0.5, 0.6) is 0 Å². The first-order chi connectivity index (χ1) is 13.2. The van der Waals surface area contributed by atoms with Crippen molar-refractivity contribution in [1.82, 2.24) is 0 Å².